The molecule has 2 heterocycles. The van der Waals surface area contributed by atoms with Gasteiger partial charge in [0, 0.05) is 31.6 Å². The summed E-state index contributed by atoms with van der Waals surface area (Å²) in [7, 11) is 0. The summed E-state index contributed by atoms with van der Waals surface area (Å²) in [6, 6.07) is 5.85. The molecular weight excluding hydrogens is 308 g/mol. The number of nitrogens with one attached hydrogen (secondary N) is 1. The molecule has 1 spiro atoms. The van der Waals surface area contributed by atoms with Gasteiger partial charge in [0.05, 0.1) is 13.2 Å². The zero-order valence-electron chi connectivity index (χ0n) is 14.3. The predicted octanol–water partition coefficient (Wildman–Crippen LogP) is 1.86. The monoisotopic (exact) mass is 332 g/mol. The Hall–Kier alpha value is -1.92. The standard InChI is InChI=1S/C18H24N2O4/c1-3-14-6-4-5-13(2)15(14)19-16(21)17(22)20-9-7-18(8-10-20)23-11-12-24-18/h4-6H,3,7-12H2,1-2H3,(H,19,21). The number of piperidine rings is 1. The van der Waals surface area contributed by atoms with Crippen LogP contribution >= 0.6 is 0 Å². The van der Waals surface area contributed by atoms with Crippen molar-refractivity contribution < 1.29 is 19.1 Å². The van der Waals surface area contributed by atoms with Gasteiger partial charge in [0.1, 0.15) is 0 Å². The molecule has 1 aromatic carbocycles. The summed E-state index contributed by atoms with van der Waals surface area (Å²) in [5.74, 6) is -1.62. The molecule has 0 unspecified atom stereocenters. The van der Waals surface area contributed by atoms with Crippen LogP contribution in [0.1, 0.15) is 30.9 Å². The summed E-state index contributed by atoms with van der Waals surface area (Å²) in [4.78, 5) is 26.4. The molecule has 6 heteroatoms. The normalized spacial score (nSPS) is 19.5. The summed E-state index contributed by atoms with van der Waals surface area (Å²) in [5, 5.41) is 2.80. The Kier molecular flexibility index (Phi) is 4.87. The zero-order valence-corrected chi connectivity index (χ0v) is 14.3. The highest BCUT2D eigenvalue weighted by Gasteiger charge is 2.41. The fraction of sp³-hybridized carbons (Fsp3) is 0.556. The molecule has 2 aliphatic rings. The van der Waals surface area contributed by atoms with Crippen LogP contribution in [-0.4, -0.2) is 48.8 Å². The number of ether oxygens (including phenoxy) is 2. The van der Waals surface area contributed by atoms with Crippen molar-refractivity contribution in [3.8, 4) is 0 Å². The number of nitrogens with zero attached hydrogens (tertiary/aromatic N) is 1. The number of hydrogen-bond acceptors (Lipinski definition) is 4. The lowest BCUT2D eigenvalue weighted by Gasteiger charge is -2.37. The van der Waals surface area contributed by atoms with E-state index in [1.807, 2.05) is 32.0 Å². The maximum absolute atomic E-state index is 12.4. The van der Waals surface area contributed by atoms with Crippen molar-refractivity contribution in [3.63, 3.8) is 0 Å². The summed E-state index contributed by atoms with van der Waals surface area (Å²) in [6.07, 6.45) is 2.01. The van der Waals surface area contributed by atoms with Gasteiger partial charge in [-0.15, -0.1) is 0 Å². The predicted molar refractivity (Wildman–Crippen MR) is 89.6 cm³/mol. The van der Waals surface area contributed by atoms with Gasteiger partial charge in [0.25, 0.3) is 0 Å². The number of anilines is 1. The molecular formula is C18H24N2O4. The lowest BCUT2D eigenvalue weighted by atomic mass is 10.0. The fourth-order valence-corrected chi connectivity index (χ4v) is 3.35. The van der Waals surface area contributed by atoms with Crippen molar-refractivity contribution in [1.29, 1.82) is 0 Å². The van der Waals surface area contributed by atoms with Crippen molar-refractivity contribution in [2.45, 2.75) is 38.9 Å². The average molecular weight is 332 g/mol. The lowest BCUT2D eigenvalue weighted by Crippen LogP contribution is -2.50. The van der Waals surface area contributed by atoms with E-state index in [0.717, 1.165) is 23.2 Å². The number of aryl methyl sites for hydroxylation is 2. The lowest BCUT2D eigenvalue weighted by molar-refractivity contribution is -0.187. The fourth-order valence-electron chi connectivity index (χ4n) is 3.35. The molecule has 6 nitrogen and oxygen atoms in total. The van der Waals surface area contributed by atoms with Crippen LogP contribution in [0, 0.1) is 6.92 Å². The van der Waals surface area contributed by atoms with E-state index in [1.165, 1.54) is 0 Å². The smallest absolute Gasteiger partial charge is 0.313 e. The van der Waals surface area contributed by atoms with Crippen molar-refractivity contribution in [1.82, 2.24) is 4.90 Å². The molecule has 1 aromatic rings. The van der Waals surface area contributed by atoms with Crippen molar-refractivity contribution >= 4 is 17.5 Å². The number of carbonyl (C=O) groups is 2. The number of benzene rings is 1. The van der Waals surface area contributed by atoms with Crippen LogP contribution in [0.25, 0.3) is 0 Å². The van der Waals surface area contributed by atoms with Gasteiger partial charge in [-0.3, -0.25) is 9.59 Å². The summed E-state index contributed by atoms with van der Waals surface area (Å²) < 4.78 is 11.3. The Balaban J connectivity index is 1.63. The van der Waals surface area contributed by atoms with Crippen LogP contribution in [0.2, 0.25) is 0 Å². The third-order valence-corrected chi connectivity index (χ3v) is 4.80. The number of likely N-dealkylation sites (tertiary alicyclic amines) is 1. The summed E-state index contributed by atoms with van der Waals surface area (Å²) in [6.45, 7) is 6.10. The average Bonchev–Trinajstić information content (AvgIpc) is 3.04. The second-order valence-corrected chi connectivity index (χ2v) is 6.32. The minimum Gasteiger partial charge on any atom is -0.347 e. The Labute approximate surface area is 142 Å². The highest BCUT2D eigenvalue weighted by atomic mass is 16.7. The number of rotatable bonds is 2. The summed E-state index contributed by atoms with van der Waals surface area (Å²) in [5.41, 5.74) is 2.73. The highest BCUT2D eigenvalue weighted by molar-refractivity contribution is 6.39. The second kappa shape index (κ2) is 6.91. The van der Waals surface area contributed by atoms with E-state index in [2.05, 4.69) is 5.32 Å². The number of para-hydroxylation sites is 1. The molecule has 0 bridgehead atoms. The van der Waals surface area contributed by atoms with Crippen molar-refractivity contribution in [3.05, 3.63) is 29.3 Å². The van der Waals surface area contributed by atoms with E-state index in [1.54, 1.807) is 4.90 Å². The van der Waals surface area contributed by atoms with Crippen LogP contribution in [0.4, 0.5) is 5.69 Å². The van der Waals surface area contributed by atoms with Gasteiger partial charge in [0.15, 0.2) is 5.79 Å². The minimum atomic E-state index is -0.580. The zero-order chi connectivity index (χ0) is 17.2. The van der Waals surface area contributed by atoms with Gasteiger partial charge in [-0.1, -0.05) is 25.1 Å². The van der Waals surface area contributed by atoms with Gasteiger partial charge in [-0.2, -0.15) is 0 Å². The van der Waals surface area contributed by atoms with Crippen LogP contribution < -0.4 is 5.32 Å². The van der Waals surface area contributed by atoms with Crippen LogP contribution in [0.15, 0.2) is 18.2 Å². The maximum Gasteiger partial charge on any atom is 0.313 e. The van der Waals surface area contributed by atoms with E-state index in [0.29, 0.717) is 39.1 Å². The third kappa shape index (κ3) is 3.30. The van der Waals surface area contributed by atoms with Crippen LogP contribution in [0.3, 0.4) is 0 Å². The second-order valence-electron chi connectivity index (χ2n) is 6.32. The largest absolute Gasteiger partial charge is 0.347 e. The topological polar surface area (TPSA) is 67.9 Å². The minimum absolute atomic E-state index is 0.473. The van der Waals surface area contributed by atoms with E-state index in [9.17, 15) is 9.59 Å². The summed E-state index contributed by atoms with van der Waals surface area (Å²) >= 11 is 0. The van der Waals surface area contributed by atoms with E-state index in [-0.39, 0.29) is 0 Å². The molecule has 3 rings (SSSR count). The van der Waals surface area contributed by atoms with Crippen LogP contribution in [-0.2, 0) is 25.5 Å². The number of amides is 2. The molecule has 0 aliphatic carbocycles. The molecule has 0 radical (unpaired) electrons. The van der Waals surface area contributed by atoms with Crippen molar-refractivity contribution in [2.75, 3.05) is 31.6 Å². The molecule has 130 valence electrons. The molecule has 2 aliphatic heterocycles. The molecule has 0 atom stereocenters. The van der Waals surface area contributed by atoms with Crippen LogP contribution in [0.5, 0.6) is 0 Å². The molecule has 0 aromatic heterocycles. The SMILES string of the molecule is CCc1cccc(C)c1NC(=O)C(=O)N1CCC2(CC1)OCCO2. The molecule has 2 fully saturated rings. The van der Waals surface area contributed by atoms with Gasteiger partial charge in [-0.25, -0.2) is 0 Å². The molecule has 1 N–H and O–H groups in total. The maximum atomic E-state index is 12.4. The Morgan fingerprint density at radius 2 is 1.88 bits per heavy atom. The van der Waals surface area contributed by atoms with E-state index >= 15 is 0 Å². The first kappa shape index (κ1) is 16.9. The Morgan fingerprint density at radius 1 is 1.21 bits per heavy atom. The Morgan fingerprint density at radius 3 is 2.50 bits per heavy atom. The molecule has 2 saturated heterocycles. The van der Waals surface area contributed by atoms with Crippen molar-refractivity contribution in [2.24, 2.45) is 0 Å². The molecule has 0 saturated carbocycles. The third-order valence-electron chi connectivity index (χ3n) is 4.80. The first-order chi connectivity index (χ1) is 11.5. The quantitative estimate of drug-likeness (QED) is 0.840. The number of carbonyl (C=O) groups excluding carboxylic acids is 2. The number of hydrogen-bond donors (Lipinski definition) is 1. The van der Waals surface area contributed by atoms with Gasteiger partial charge in [-0.05, 0) is 24.5 Å². The van der Waals surface area contributed by atoms with Gasteiger partial charge in [0.2, 0.25) is 0 Å². The first-order valence-electron chi connectivity index (χ1n) is 8.51. The molecule has 24 heavy (non-hydrogen) atoms. The molecule has 2 amide bonds. The van der Waals surface area contributed by atoms with E-state index < -0.39 is 17.6 Å². The highest BCUT2D eigenvalue weighted by Crippen LogP contribution is 2.31. The van der Waals surface area contributed by atoms with E-state index in [4.69, 9.17) is 9.47 Å². The first-order valence-corrected chi connectivity index (χ1v) is 8.51. The Bertz CT molecular complexity index is 628. The van der Waals surface area contributed by atoms with Gasteiger partial charge >= 0.3 is 11.8 Å². The van der Waals surface area contributed by atoms with Gasteiger partial charge < -0.3 is 19.7 Å².